The summed E-state index contributed by atoms with van der Waals surface area (Å²) in [7, 11) is -3.75. The molecule has 2 heterocycles. The Morgan fingerprint density at radius 3 is 2.59 bits per heavy atom. The first-order valence-corrected chi connectivity index (χ1v) is 14.4. The van der Waals surface area contributed by atoms with E-state index in [1.807, 2.05) is 0 Å². The SMILES string of the molecule is CCOP1(=O)N=C(C2=C(O)CN(CC(C)(C)CC(C)(C)C)C2=O)Nc2ccc(N[S@@+](C)[O-])cc21. The topological polar surface area (TPSA) is 126 Å². The molecule has 2 aliphatic heterocycles. The fourth-order valence-corrected chi connectivity index (χ4v) is 7.08. The molecule has 3 N–H and O–H groups in total. The number of carbonyl (C=O) groups is 1. The normalized spacial score (nSPS) is 21.8. The summed E-state index contributed by atoms with van der Waals surface area (Å²) in [5.74, 6) is -0.450. The van der Waals surface area contributed by atoms with Crippen LogP contribution in [0.5, 0.6) is 0 Å². The van der Waals surface area contributed by atoms with Gasteiger partial charge in [-0.1, -0.05) is 34.6 Å². The summed E-state index contributed by atoms with van der Waals surface area (Å²) in [5.41, 5.74) is 0.890. The van der Waals surface area contributed by atoms with E-state index in [1.165, 1.54) is 6.26 Å². The first-order valence-electron chi connectivity index (χ1n) is 11.2. The highest BCUT2D eigenvalue weighted by molar-refractivity contribution is 7.92. The number of rotatable bonds is 8. The maximum Gasteiger partial charge on any atom is 0.348 e. The summed E-state index contributed by atoms with van der Waals surface area (Å²) < 4.78 is 38.0. The number of fused-ring (bicyclic) bond motifs is 1. The zero-order chi connectivity index (χ0) is 25.5. The van der Waals surface area contributed by atoms with Gasteiger partial charge < -0.3 is 24.4 Å². The second-order valence-corrected chi connectivity index (χ2v) is 13.8. The van der Waals surface area contributed by atoms with E-state index in [0.29, 0.717) is 23.2 Å². The van der Waals surface area contributed by atoms with Gasteiger partial charge in [-0.2, -0.15) is 4.76 Å². The average Bonchev–Trinajstić information content (AvgIpc) is 2.92. The number of carbonyl (C=O) groups excluding carboxylic acids is 1. The third-order valence-electron chi connectivity index (χ3n) is 5.35. The number of hydrogen-bond donors (Lipinski definition) is 3. The van der Waals surface area contributed by atoms with Gasteiger partial charge in [0.1, 0.15) is 17.6 Å². The highest BCUT2D eigenvalue weighted by atomic mass is 32.2. The monoisotopic (exact) mass is 510 g/mol. The van der Waals surface area contributed by atoms with Crippen molar-refractivity contribution in [2.75, 3.05) is 36.0 Å². The van der Waals surface area contributed by atoms with E-state index in [1.54, 1.807) is 30.0 Å². The molecule has 1 aromatic rings. The highest BCUT2D eigenvalue weighted by Gasteiger charge is 2.42. The molecule has 0 spiro atoms. The van der Waals surface area contributed by atoms with Gasteiger partial charge in [0.15, 0.2) is 5.84 Å². The highest BCUT2D eigenvalue weighted by Crippen LogP contribution is 2.52. The number of anilines is 2. The van der Waals surface area contributed by atoms with Crippen LogP contribution in [0.1, 0.15) is 48.0 Å². The molecule has 0 saturated carbocycles. The minimum absolute atomic E-state index is 0.00833. The molecule has 2 atom stereocenters. The standard InChI is InChI=1S/C23H35N4O5PS/c1-8-32-33(30)18-11-15(26-34(7)31)9-10-16(18)24-20(25-33)19-17(28)12-27(21(19)29)14-23(5,6)13-22(2,3)4/h9-11,26,28H,8,12-14H2,1-7H3,(H,24,25,30)/t33?,34-/m1/s1. The molecule has 0 fully saturated rings. The van der Waals surface area contributed by atoms with Crippen LogP contribution in [0.4, 0.5) is 11.4 Å². The summed E-state index contributed by atoms with van der Waals surface area (Å²) in [6.45, 7) is 13.1. The Bertz CT molecular complexity index is 1080. The van der Waals surface area contributed by atoms with E-state index >= 15 is 0 Å². The van der Waals surface area contributed by atoms with Gasteiger partial charge in [-0.05, 0) is 42.4 Å². The number of amides is 1. The minimum atomic E-state index is -3.75. The molecule has 188 valence electrons. The van der Waals surface area contributed by atoms with Crippen LogP contribution < -0.4 is 15.3 Å². The number of nitrogens with one attached hydrogen (secondary N) is 2. The van der Waals surface area contributed by atoms with Crippen LogP contribution in [0.3, 0.4) is 0 Å². The molecular formula is C23H35N4O5PS. The number of nitrogens with zero attached hydrogens (tertiary/aromatic N) is 2. The Kier molecular flexibility index (Phi) is 7.49. The van der Waals surface area contributed by atoms with E-state index < -0.39 is 18.9 Å². The van der Waals surface area contributed by atoms with Gasteiger partial charge in [0.05, 0.1) is 41.2 Å². The van der Waals surface area contributed by atoms with Gasteiger partial charge in [-0.15, -0.1) is 0 Å². The van der Waals surface area contributed by atoms with Gasteiger partial charge in [0, 0.05) is 6.54 Å². The minimum Gasteiger partial charge on any atom is -0.593 e. The van der Waals surface area contributed by atoms with E-state index in [4.69, 9.17) is 4.52 Å². The summed E-state index contributed by atoms with van der Waals surface area (Å²) in [4.78, 5) is 14.9. The summed E-state index contributed by atoms with van der Waals surface area (Å²) in [6.07, 6.45) is 2.39. The van der Waals surface area contributed by atoms with E-state index in [2.05, 4.69) is 49.4 Å². The lowest BCUT2D eigenvalue weighted by Gasteiger charge is -2.35. The number of benzene rings is 1. The fourth-order valence-electron chi connectivity index (χ4n) is 4.81. The van der Waals surface area contributed by atoms with Crippen LogP contribution in [0.15, 0.2) is 34.3 Å². The van der Waals surface area contributed by atoms with Gasteiger partial charge >= 0.3 is 7.52 Å². The summed E-state index contributed by atoms with van der Waals surface area (Å²) in [5, 5.41) is 14.1. The van der Waals surface area contributed by atoms with Gasteiger partial charge in [-0.3, -0.25) is 9.36 Å². The average molecular weight is 511 g/mol. The Labute approximate surface area is 204 Å². The third-order valence-corrected chi connectivity index (χ3v) is 7.92. The molecule has 0 aliphatic carbocycles. The van der Waals surface area contributed by atoms with Crippen LogP contribution >= 0.6 is 7.52 Å². The first kappa shape index (κ1) is 26.6. The van der Waals surface area contributed by atoms with Crippen LogP contribution in [0.2, 0.25) is 0 Å². The molecule has 0 bridgehead atoms. The molecule has 1 aromatic carbocycles. The molecule has 1 unspecified atom stereocenters. The van der Waals surface area contributed by atoms with Crippen molar-refractivity contribution in [1.29, 1.82) is 0 Å². The van der Waals surface area contributed by atoms with Crippen molar-refractivity contribution in [1.82, 2.24) is 4.90 Å². The van der Waals surface area contributed by atoms with Crippen molar-refractivity contribution in [2.45, 2.75) is 48.0 Å². The lowest BCUT2D eigenvalue weighted by atomic mass is 9.76. The predicted molar refractivity (Wildman–Crippen MR) is 138 cm³/mol. The van der Waals surface area contributed by atoms with Crippen molar-refractivity contribution >= 4 is 47.3 Å². The van der Waals surface area contributed by atoms with Crippen molar-refractivity contribution in [3.8, 4) is 0 Å². The number of hydrogen-bond acceptors (Lipinski definition) is 7. The number of amidine groups is 1. The molecule has 0 aromatic heterocycles. The molecular weight excluding hydrogens is 475 g/mol. The van der Waals surface area contributed by atoms with Gasteiger partial charge in [0.2, 0.25) is 0 Å². The Morgan fingerprint density at radius 2 is 2.00 bits per heavy atom. The molecule has 9 nitrogen and oxygen atoms in total. The largest absolute Gasteiger partial charge is 0.593 e. The lowest BCUT2D eigenvalue weighted by molar-refractivity contribution is -0.126. The Hall–Kier alpha value is -2.00. The fraction of sp³-hybridized carbons (Fsp3) is 0.565. The van der Waals surface area contributed by atoms with Crippen molar-refractivity contribution < 1.29 is 23.5 Å². The third kappa shape index (κ3) is 5.97. The van der Waals surface area contributed by atoms with E-state index in [9.17, 15) is 19.0 Å². The summed E-state index contributed by atoms with van der Waals surface area (Å²) >= 11 is -1.31. The van der Waals surface area contributed by atoms with Crippen LogP contribution in [-0.2, 0) is 25.2 Å². The molecule has 2 aliphatic rings. The Morgan fingerprint density at radius 1 is 1.32 bits per heavy atom. The van der Waals surface area contributed by atoms with Crippen molar-refractivity contribution in [3.63, 3.8) is 0 Å². The lowest BCUT2D eigenvalue weighted by Crippen LogP contribution is -2.39. The zero-order valence-electron chi connectivity index (χ0n) is 20.9. The van der Waals surface area contributed by atoms with Gasteiger partial charge in [-0.25, -0.2) is 4.72 Å². The smallest absolute Gasteiger partial charge is 0.348 e. The van der Waals surface area contributed by atoms with Gasteiger partial charge in [0.25, 0.3) is 5.91 Å². The second-order valence-electron chi connectivity index (χ2n) is 10.7. The number of aliphatic hydroxyl groups is 1. The molecule has 34 heavy (non-hydrogen) atoms. The van der Waals surface area contributed by atoms with E-state index in [-0.39, 0.29) is 47.1 Å². The second kappa shape index (κ2) is 9.57. The maximum absolute atomic E-state index is 13.8. The number of aliphatic hydroxyl groups excluding tert-OH is 1. The molecule has 1 amide bonds. The Balaban J connectivity index is 1.92. The quantitative estimate of drug-likeness (QED) is 0.354. The van der Waals surface area contributed by atoms with Crippen molar-refractivity contribution in [2.24, 2.45) is 15.6 Å². The van der Waals surface area contributed by atoms with Crippen molar-refractivity contribution in [3.05, 3.63) is 29.5 Å². The predicted octanol–water partition coefficient (Wildman–Crippen LogP) is 4.19. The van der Waals surface area contributed by atoms with Crippen LogP contribution in [-0.4, -0.2) is 52.3 Å². The maximum atomic E-state index is 13.8. The zero-order valence-corrected chi connectivity index (χ0v) is 22.6. The van der Waals surface area contributed by atoms with Crippen LogP contribution in [0, 0.1) is 10.8 Å². The molecule has 11 heteroatoms. The van der Waals surface area contributed by atoms with E-state index in [0.717, 1.165) is 6.42 Å². The molecule has 0 radical (unpaired) electrons. The molecule has 3 rings (SSSR count). The summed E-state index contributed by atoms with van der Waals surface area (Å²) in [6, 6.07) is 4.91. The van der Waals surface area contributed by atoms with Crippen LogP contribution in [0.25, 0.3) is 0 Å². The molecule has 0 saturated heterocycles. The first-order chi connectivity index (χ1) is 15.6.